The van der Waals surface area contributed by atoms with Crippen molar-refractivity contribution >= 4 is 28.2 Å². The van der Waals surface area contributed by atoms with Gasteiger partial charge < -0.3 is 24.3 Å². The molecule has 0 saturated carbocycles. The topological polar surface area (TPSA) is 97.9 Å². The number of nitriles is 1. The van der Waals surface area contributed by atoms with Gasteiger partial charge in [0.1, 0.15) is 5.82 Å². The first kappa shape index (κ1) is 30.4. The molecule has 10 nitrogen and oxygen atoms in total. The van der Waals surface area contributed by atoms with Crippen molar-refractivity contribution in [3.05, 3.63) is 76.1 Å². The van der Waals surface area contributed by atoms with Crippen LogP contribution in [0, 0.1) is 18.3 Å². The molecule has 3 fully saturated rings. The second kappa shape index (κ2) is 11.8. The Balaban J connectivity index is 1.35. The number of nitrogens with zero attached hydrogens (tertiary/aromatic N) is 7. The number of halogens is 1. The molecule has 1 spiro atoms. The SMILES string of the molecule is C=C(F)C(=O)N1CCN(c2nc(=O)n(C[C@@H]3CCCN3C)c3c2CC2(COC2)N(c2cccc4cccc(C)c24)C3)CC1CC#N. The van der Waals surface area contributed by atoms with E-state index in [-0.39, 0.29) is 36.8 Å². The van der Waals surface area contributed by atoms with Gasteiger partial charge in [0.05, 0.1) is 43.8 Å². The molecule has 0 aliphatic carbocycles. The number of carbonyl (C=O) groups is 1. The average molecular weight is 626 g/mol. The Hall–Kier alpha value is -4.27. The van der Waals surface area contributed by atoms with Crippen molar-refractivity contribution in [3.8, 4) is 6.07 Å². The molecule has 2 aromatic carbocycles. The molecule has 240 valence electrons. The predicted octanol–water partition coefficient (Wildman–Crippen LogP) is 3.54. The number of likely N-dealkylation sites (N-methyl/N-ethyl adjacent to an activating group) is 1. The van der Waals surface area contributed by atoms with Gasteiger partial charge in [-0.05, 0) is 50.4 Å². The maximum atomic E-state index is 14.1. The highest BCUT2D eigenvalue weighted by Gasteiger charge is 2.50. The molecule has 4 aliphatic heterocycles. The quantitative estimate of drug-likeness (QED) is 0.384. The Morgan fingerprint density at radius 1 is 1.17 bits per heavy atom. The lowest BCUT2D eigenvalue weighted by molar-refractivity contribution is -0.131. The molecule has 11 heteroatoms. The summed E-state index contributed by atoms with van der Waals surface area (Å²) in [7, 11) is 2.12. The maximum absolute atomic E-state index is 14.1. The van der Waals surface area contributed by atoms with Crippen LogP contribution in [-0.4, -0.2) is 89.3 Å². The Morgan fingerprint density at radius 2 is 1.96 bits per heavy atom. The molecule has 2 atom stereocenters. The minimum atomic E-state index is -1.04. The van der Waals surface area contributed by atoms with Gasteiger partial charge in [-0.3, -0.25) is 9.36 Å². The largest absolute Gasteiger partial charge is 0.376 e. The van der Waals surface area contributed by atoms with Gasteiger partial charge >= 0.3 is 5.69 Å². The second-order valence-electron chi connectivity index (χ2n) is 13.3. The minimum absolute atomic E-state index is 0.0365. The Bertz CT molecular complexity index is 1810. The van der Waals surface area contributed by atoms with Crippen LogP contribution < -0.4 is 15.5 Å². The van der Waals surface area contributed by atoms with Crippen molar-refractivity contribution in [2.24, 2.45) is 0 Å². The van der Waals surface area contributed by atoms with E-state index >= 15 is 0 Å². The lowest BCUT2D eigenvalue weighted by Crippen LogP contribution is -2.66. The Morgan fingerprint density at radius 3 is 2.63 bits per heavy atom. The van der Waals surface area contributed by atoms with Crippen LogP contribution in [0.4, 0.5) is 15.9 Å². The zero-order valence-corrected chi connectivity index (χ0v) is 26.5. The zero-order valence-electron chi connectivity index (χ0n) is 26.5. The van der Waals surface area contributed by atoms with E-state index in [1.54, 1.807) is 0 Å². The number of hydrogen-bond acceptors (Lipinski definition) is 8. The van der Waals surface area contributed by atoms with Gasteiger partial charge in [0, 0.05) is 61.0 Å². The van der Waals surface area contributed by atoms with E-state index in [4.69, 9.17) is 9.72 Å². The van der Waals surface area contributed by atoms with Crippen LogP contribution in [0.5, 0.6) is 0 Å². The average Bonchev–Trinajstić information content (AvgIpc) is 3.44. The van der Waals surface area contributed by atoms with Crippen LogP contribution in [0.25, 0.3) is 10.8 Å². The summed E-state index contributed by atoms with van der Waals surface area (Å²) in [6.07, 6.45) is 2.79. The molecular formula is C35H40FN7O3. The summed E-state index contributed by atoms with van der Waals surface area (Å²) < 4.78 is 21.7. The lowest BCUT2D eigenvalue weighted by atomic mass is 9.81. The normalized spacial score (nSPS) is 22.5. The first-order chi connectivity index (χ1) is 22.2. The highest BCUT2D eigenvalue weighted by molar-refractivity contribution is 5.97. The molecule has 0 bridgehead atoms. The molecule has 3 saturated heterocycles. The molecule has 4 aliphatic rings. The van der Waals surface area contributed by atoms with Crippen molar-refractivity contribution in [3.63, 3.8) is 0 Å². The van der Waals surface area contributed by atoms with Crippen molar-refractivity contribution in [1.29, 1.82) is 5.26 Å². The van der Waals surface area contributed by atoms with Crippen molar-refractivity contribution < 1.29 is 13.9 Å². The van der Waals surface area contributed by atoms with E-state index in [0.29, 0.717) is 45.1 Å². The van der Waals surface area contributed by atoms with E-state index in [1.807, 2.05) is 9.47 Å². The number of rotatable bonds is 6. The summed E-state index contributed by atoms with van der Waals surface area (Å²) in [6, 6.07) is 14.6. The standard InChI is InChI=1S/C35H40FN7O3/c1-23-7-4-8-25-9-5-11-29(31(23)25)43-20-30-28(17-35(43)21-46-22-35)32(38-34(45)42(30)19-26-10-6-14-39(26)3)40-15-16-41(33(44)24(2)36)27(18-40)12-13-37/h4-5,7-9,11,26-27H,2,6,10,12,14-22H2,1,3H3/t26-,27?/m0/s1. The van der Waals surface area contributed by atoms with Crippen molar-refractivity contribution in [1.82, 2.24) is 19.4 Å². The van der Waals surface area contributed by atoms with Crippen LogP contribution >= 0.6 is 0 Å². The number of amides is 1. The third-order valence-corrected chi connectivity index (χ3v) is 10.6. The summed E-state index contributed by atoms with van der Waals surface area (Å²) in [6.45, 7) is 9.37. The van der Waals surface area contributed by atoms with Crippen molar-refractivity contribution in [2.45, 2.75) is 63.3 Å². The molecule has 1 aromatic heterocycles. The first-order valence-corrected chi connectivity index (χ1v) is 16.1. The molecule has 46 heavy (non-hydrogen) atoms. The number of carbonyl (C=O) groups excluding carboxylic acids is 1. The first-order valence-electron chi connectivity index (χ1n) is 16.1. The van der Waals surface area contributed by atoms with E-state index in [0.717, 1.165) is 36.3 Å². The minimum Gasteiger partial charge on any atom is -0.376 e. The van der Waals surface area contributed by atoms with Crippen LogP contribution in [0.15, 0.2) is 53.6 Å². The number of benzene rings is 2. The van der Waals surface area contributed by atoms with Gasteiger partial charge in [-0.25, -0.2) is 9.18 Å². The van der Waals surface area contributed by atoms with Gasteiger partial charge in [0.25, 0.3) is 5.91 Å². The van der Waals surface area contributed by atoms with E-state index in [1.165, 1.54) is 21.2 Å². The number of aryl methyl sites for hydroxylation is 1. The monoisotopic (exact) mass is 625 g/mol. The van der Waals surface area contributed by atoms with E-state index in [9.17, 15) is 19.2 Å². The van der Waals surface area contributed by atoms with Gasteiger partial charge in [-0.2, -0.15) is 10.2 Å². The van der Waals surface area contributed by atoms with E-state index < -0.39 is 17.8 Å². The summed E-state index contributed by atoms with van der Waals surface area (Å²) in [4.78, 5) is 39.6. The number of hydrogen-bond donors (Lipinski definition) is 0. The molecule has 0 radical (unpaired) electrons. The third kappa shape index (κ3) is 5.04. The Labute approximate surface area is 268 Å². The van der Waals surface area contributed by atoms with Crippen LogP contribution in [0.3, 0.4) is 0 Å². The summed E-state index contributed by atoms with van der Waals surface area (Å²) in [5, 5.41) is 11.9. The zero-order chi connectivity index (χ0) is 32.2. The van der Waals surface area contributed by atoms with Gasteiger partial charge in [0.2, 0.25) is 0 Å². The molecule has 1 unspecified atom stereocenters. The number of fused-ring (bicyclic) bond motifs is 2. The summed E-state index contributed by atoms with van der Waals surface area (Å²) >= 11 is 0. The molecular weight excluding hydrogens is 585 g/mol. The molecule has 3 aromatic rings. The smallest absolute Gasteiger partial charge is 0.349 e. The highest BCUT2D eigenvalue weighted by Crippen LogP contribution is 2.44. The summed E-state index contributed by atoms with van der Waals surface area (Å²) in [5.41, 5.74) is 3.68. The fourth-order valence-corrected chi connectivity index (χ4v) is 8.02. The predicted molar refractivity (Wildman–Crippen MR) is 174 cm³/mol. The second-order valence-corrected chi connectivity index (χ2v) is 13.3. The third-order valence-electron chi connectivity index (χ3n) is 10.6. The van der Waals surface area contributed by atoms with Gasteiger partial charge in [-0.15, -0.1) is 0 Å². The fraction of sp³-hybridized carbons (Fsp3) is 0.486. The number of piperazine rings is 1. The lowest BCUT2D eigenvalue weighted by Gasteiger charge is -2.55. The van der Waals surface area contributed by atoms with Crippen molar-refractivity contribution in [2.75, 3.05) is 56.2 Å². The summed E-state index contributed by atoms with van der Waals surface area (Å²) in [5.74, 6) is -1.23. The number of anilines is 2. The number of ether oxygens (including phenoxy) is 1. The van der Waals surface area contributed by atoms with Gasteiger partial charge in [-0.1, -0.05) is 36.9 Å². The van der Waals surface area contributed by atoms with Crippen LogP contribution in [-0.2, 0) is 29.0 Å². The molecule has 0 N–H and O–H groups in total. The fourth-order valence-electron chi connectivity index (χ4n) is 8.02. The van der Waals surface area contributed by atoms with Crippen LogP contribution in [0.1, 0.15) is 36.1 Å². The Kier molecular flexibility index (Phi) is 7.81. The maximum Gasteiger partial charge on any atom is 0.349 e. The molecule has 7 rings (SSSR count). The highest BCUT2D eigenvalue weighted by atomic mass is 19.1. The number of likely N-dealkylation sites (tertiary alicyclic amines) is 1. The molecule has 5 heterocycles. The number of aromatic nitrogens is 2. The molecule has 1 amide bonds. The van der Waals surface area contributed by atoms with Crippen LogP contribution in [0.2, 0.25) is 0 Å². The van der Waals surface area contributed by atoms with E-state index in [2.05, 4.69) is 72.8 Å². The van der Waals surface area contributed by atoms with Gasteiger partial charge in [0.15, 0.2) is 5.83 Å².